The topological polar surface area (TPSA) is 75.4 Å². The van der Waals surface area contributed by atoms with E-state index in [0.717, 1.165) is 37.9 Å². The number of para-hydroxylation sites is 1. The molecule has 0 aromatic heterocycles. The second-order valence-electron chi connectivity index (χ2n) is 6.79. The van der Waals surface area contributed by atoms with Gasteiger partial charge < -0.3 is 16.0 Å². The van der Waals surface area contributed by atoms with Gasteiger partial charge in [0.15, 0.2) is 0 Å². The fraction of sp³-hybridized carbons (Fsp3) is 0.333. The number of halogens is 1. The number of nitrogens with zero attached hydrogens (tertiary/aromatic N) is 1. The average Bonchev–Trinajstić information content (AvgIpc) is 2.68. The number of nitrogens with one attached hydrogen (secondary N) is 1. The molecule has 0 aliphatic carbocycles. The number of hydrogen-bond donors (Lipinski definition) is 2. The van der Waals surface area contributed by atoms with E-state index in [1.165, 1.54) is 0 Å². The van der Waals surface area contributed by atoms with Crippen molar-refractivity contribution in [2.24, 2.45) is 0 Å². The first kappa shape index (κ1) is 19.2. The lowest BCUT2D eigenvalue weighted by Crippen LogP contribution is -2.35. The molecule has 27 heavy (non-hydrogen) atoms. The summed E-state index contributed by atoms with van der Waals surface area (Å²) in [6.45, 7) is 1.55. The number of nitrogen functional groups attached to an aromatic ring is 1. The number of hydrogen-bond acceptors (Lipinski definition) is 3. The predicted octanol–water partition coefficient (Wildman–Crippen LogP) is 4.12. The first-order chi connectivity index (χ1) is 13.0. The van der Waals surface area contributed by atoms with Crippen molar-refractivity contribution >= 4 is 34.8 Å². The van der Waals surface area contributed by atoms with E-state index < -0.39 is 0 Å². The summed E-state index contributed by atoms with van der Waals surface area (Å²) < 4.78 is 0. The highest BCUT2D eigenvalue weighted by Crippen LogP contribution is 2.24. The van der Waals surface area contributed by atoms with Crippen molar-refractivity contribution < 1.29 is 9.59 Å². The van der Waals surface area contributed by atoms with Gasteiger partial charge in [-0.25, -0.2) is 0 Å². The molecule has 0 radical (unpaired) electrons. The second-order valence-corrected chi connectivity index (χ2v) is 7.20. The Hall–Kier alpha value is -2.53. The van der Waals surface area contributed by atoms with Crippen LogP contribution in [-0.2, 0) is 11.2 Å². The maximum Gasteiger partial charge on any atom is 0.255 e. The molecule has 1 fully saturated rings. The zero-order valence-corrected chi connectivity index (χ0v) is 16.0. The highest BCUT2D eigenvalue weighted by molar-refractivity contribution is 6.34. The summed E-state index contributed by atoms with van der Waals surface area (Å²) in [6, 6.07) is 12.6. The van der Waals surface area contributed by atoms with E-state index in [9.17, 15) is 9.59 Å². The smallest absolute Gasteiger partial charge is 0.255 e. The molecular weight excluding hydrogens is 362 g/mol. The lowest BCUT2D eigenvalue weighted by atomic mass is 10.1. The lowest BCUT2D eigenvalue weighted by Gasteiger charge is -2.27. The molecule has 1 saturated heterocycles. The molecule has 2 amide bonds. The third kappa shape index (κ3) is 5.01. The molecule has 1 aliphatic rings. The Balaban J connectivity index is 1.59. The van der Waals surface area contributed by atoms with E-state index in [4.69, 9.17) is 17.3 Å². The normalized spacial score (nSPS) is 14.0. The summed E-state index contributed by atoms with van der Waals surface area (Å²) >= 11 is 6.31. The largest absolute Gasteiger partial charge is 0.399 e. The first-order valence-electron chi connectivity index (χ1n) is 9.26. The van der Waals surface area contributed by atoms with Gasteiger partial charge in [0.2, 0.25) is 5.91 Å². The second kappa shape index (κ2) is 8.91. The van der Waals surface area contributed by atoms with Gasteiger partial charge in [-0.15, -0.1) is 0 Å². The SMILES string of the molecule is Nc1ccccc1CCC(=O)Nc1ccc(C(=O)N2CCCCC2)c(Cl)c1. The van der Waals surface area contributed by atoms with Gasteiger partial charge in [0.1, 0.15) is 0 Å². The van der Waals surface area contributed by atoms with E-state index in [1.54, 1.807) is 18.2 Å². The molecule has 0 unspecified atom stereocenters. The third-order valence-electron chi connectivity index (χ3n) is 4.80. The molecule has 5 nitrogen and oxygen atoms in total. The van der Waals surface area contributed by atoms with Crippen LogP contribution in [0.25, 0.3) is 0 Å². The zero-order chi connectivity index (χ0) is 19.2. The number of nitrogens with two attached hydrogens (primary N) is 1. The fourth-order valence-electron chi connectivity index (χ4n) is 3.27. The van der Waals surface area contributed by atoms with Crippen LogP contribution < -0.4 is 11.1 Å². The maximum atomic E-state index is 12.6. The van der Waals surface area contributed by atoms with E-state index in [1.807, 2.05) is 29.2 Å². The van der Waals surface area contributed by atoms with Crippen molar-refractivity contribution in [1.29, 1.82) is 0 Å². The molecule has 0 spiro atoms. The van der Waals surface area contributed by atoms with Gasteiger partial charge in [-0.2, -0.15) is 0 Å². The number of anilines is 2. The van der Waals surface area contributed by atoms with Gasteiger partial charge in [0, 0.05) is 30.9 Å². The average molecular weight is 386 g/mol. The van der Waals surface area contributed by atoms with Crippen LogP contribution in [0.2, 0.25) is 5.02 Å². The number of aryl methyl sites for hydroxylation is 1. The summed E-state index contributed by atoms with van der Waals surface area (Å²) in [7, 11) is 0. The Morgan fingerprint density at radius 2 is 1.81 bits per heavy atom. The number of carbonyl (C=O) groups excluding carboxylic acids is 2. The number of carbonyl (C=O) groups is 2. The van der Waals surface area contributed by atoms with E-state index in [-0.39, 0.29) is 11.8 Å². The number of benzene rings is 2. The molecule has 0 atom stereocenters. The van der Waals surface area contributed by atoms with E-state index in [0.29, 0.717) is 34.8 Å². The molecule has 1 heterocycles. The van der Waals surface area contributed by atoms with Crippen LogP contribution in [0.4, 0.5) is 11.4 Å². The van der Waals surface area contributed by atoms with E-state index >= 15 is 0 Å². The van der Waals surface area contributed by atoms with E-state index in [2.05, 4.69) is 5.32 Å². The lowest BCUT2D eigenvalue weighted by molar-refractivity contribution is -0.116. The molecular formula is C21H24ClN3O2. The minimum absolute atomic E-state index is 0.0443. The van der Waals surface area contributed by atoms with Crippen molar-refractivity contribution in [2.75, 3.05) is 24.1 Å². The zero-order valence-electron chi connectivity index (χ0n) is 15.2. The number of rotatable bonds is 5. The van der Waals surface area contributed by atoms with Gasteiger partial charge in [0.05, 0.1) is 10.6 Å². The number of piperidine rings is 1. The molecule has 6 heteroatoms. The summed E-state index contributed by atoms with van der Waals surface area (Å²) in [5.74, 6) is -0.165. The monoisotopic (exact) mass is 385 g/mol. The number of amides is 2. The molecule has 2 aromatic rings. The van der Waals surface area contributed by atoms with Crippen LogP contribution in [0.3, 0.4) is 0 Å². The van der Waals surface area contributed by atoms with Crippen molar-refractivity contribution in [2.45, 2.75) is 32.1 Å². The molecule has 3 N–H and O–H groups in total. The molecule has 2 aromatic carbocycles. The molecule has 3 rings (SSSR count). The van der Waals surface area contributed by atoms with Crippen molar-refractivity contribution in [3.8, 4) is 0 Å². The molecule has 142 valence electrons. The van der Waals surface area contributed by atoms with Crippen LogP contribution in [0.15, 0.2) is 42.5 Å². The van der Waals surface area contributed by atoms with Crippen LogP contribution in [-0.4, -0.2) is 29.8 Å². The maximum absolute atomic E-state index is 12.6. The number of likely N-dealkylation sites (tertiary alicyclic amines) is 1. The first-order valence-corrected chi connectivity index (χ1v) is 9.64. The van der Waals surface area contributed by atoms with Crippen molar-refractivity contribution in [3.63, 3.8) is 0 Å². The summed E-state index contributed by atoms with van der Waals surface area (Å²) in [4.78, 5) is 26.6. The Bertz CT molecular complexity index is 832. The Kier molecular flexibility index (Phi) is 6.35. The highest BCUT2D eigenvalue weighted by atomic mass is 35.5. The summed E-state index contributed by atoms with van der Waals surface area (Å²) in [5, 5.41) is 3.19. The summed E-state index contributed by atoms with van der Waals surface area (Å²) in [5.41, 5.74) is 8.61. The summed E-state index contributed by atoms with van der Waals surface area (Å²) in [6.07, 6.45) is 4.11. The molecule has 0 bridgehead atoms. The van der Waals surface area contributed by atoms with Crippen LogP contribution in [0.1, 0.15) is 41.6 Å². The Morgan fingerprint density at radius 3 is 2.52 bits per heavy atom. The van der Waals surface area contributed by atoms with Gasteiger partial charge in [-0.1, -0.05) is 29.8 Å². The Morgan fingerprint density at radius 1 is 1.07 bits per heavy atom. The van der Waals surface area contributed by atoms with Gasteiger partial charge in [-0.05, 0) is 55.5 Å². The Labute approximate surface area is 164 Å². The predicted molar refractivity (Wildman–Crippen MR) is 109 cm³/mol. The molecule has 0 saturated carbocycles. The van der Waals surface area contributed by atoms with Crippen LogP contribution in [0, 0.1) is 0 Å². The van der Waals surface area contributed by atoms with Gasteiger partial charge in [-0.3, -0.25) is 9.59 Å². The molecule has 1 aliphatic heterocycles. The van der Waals surface area contributed by atoms with Crippen LogP contribution >= 0.6 is 11.6 Å². The standard InChI is InChI=1S/C21H24ClN3O2/c22-18-14-16(9-10-17(18)21(27)25-12-4-1-5-13-25)24-20(26)11-8-15-6-2-3-7-19(15)23/h2-3,6-7,9-10,14H,1,4-5,8,11-13,23H2,(H,24,26). The van der Waals surface area contributed by atoms with Crippen LogP contribution in [0.5, 0.6) is 0 Å². The van der Waals surface area contributed by atoms with Crippen molar-refractivity contribution in [3.05, 3.63) is 58.6 Å². The van der Waals surface area contributed by atoms with Gasteiger partial charge in [0.25, 0.3) is 5.91 Å². The highest BCUT2D eigenvalue weighted by Gasteiger charge is 2.20. The third-order valence-corrected chi connectivity index (χ3v) is 5.12. The van der Waals surface area contributed by atoms with Crippen molar-refractivity contribution in [1.82, 2.24) is 4.90 Å². The quantitative estimate of drug-likeness (QED) is 0.760. The minimum atomic E-state index is -0.121. The van der Waals surface area contributed by atoms with Gasteiger partial charge >= 0.3 is 0 Å². The fourth-order valence-corrected chi connectivity index (χ4v) is 3.53. The minimum Gasteiger partial charge on any atom is -0.399 e.